The highest BCUT2D eigenvalue weighted by Crippen LogP contribution is 2.29. The summed E-state index contributed by atoms with van der Waals surface area (Å²) in [4.78, 5) is 0. The number of aryl methyl sites for hydroxylation is 1. The number of nitrogens with zero attached hydrogens (tertiary/aromatic N) is 2. The molecular formula is C11H18ClN3O2S. The summed E-state index contributed by atoms with van der Waals surface area (Å²) in [5.41, 5.74) is 1.28. The molecule has 0 spiro atoms. The van der Waals surface area contributed by atoms with Crippen LogP contribution in [0.5, 0.6) is 0 Å². The van der Waals surface area contributed by atoms with Gasteiger partial charge in [-0.1, -0.05) is 6.42 Å². The van der Waals surface area contributed by atoms with E-state index in [-0.39, 0.29) is 10.9 Å². The van der Waals surface area contributed by atoms with Gasteiger partial charge in [0.15, 0.2) is 5.03 Å². The van der Waals surface area contributed by atoms with E-state index >= 15 is 0 Å². The molecular weight excluding hydrogens is 274 g/mol. The van der Waals surface area contributed by atoms with Crippen molar-refractivity contribution < 1.29 is 8.42 Å². The Labute approximate surface area is 113 Å². The molecule has 2 rings (SSSR count). The molecule has 0 bridgehead atoms. The lowest BCUT2D eigenvalue weighted by molar-refractivity contribution is 0.262. The minimum Gasteiger partial charge on any atom is -0.281 e. The highest BCUT2D eigenvalue weighted by molar-refractivity contribution is 7.89. The van der Waals surface area contributed by atoms with E-state index in [1.165, 1.54) is 10.7 Å². The monoisotopic (exact) mass is 291 g/mol. The third-order valence-corrected chi connectivity index (χ3v) is 5.63. The van der Waals surface area contributed by atoms with Crippen molar-refractivity contribution in [2.24, 2.45) is 5.92 Å². The average Bonchev–Trinajstić information content (AvgIpc) is 2.64. The van der Waals surface area contributed by atoms with Gasteiger partial charge in [0.25, 0.3) is 10.0 Å². The van der Waals surface area contributed by atoms with Crippen molar-refractivity contribution in [2.75, 3.05) is 13.6 Å². The maximum absolute atomic E-state index is 12.4. The Morgan fingerprint density at radius 3 is 2.67 bits per heavy atom. The summed E-state index contributed by atoms with van der Waals surface area (Å²) in [6.45, 7) is 2.34. The van der Waals surface area contributed by atoms with Gasteiger partial charge in [0.05, 0.1) is 5.88 Å². The van der Waals surface area contributed by atoms with Gasteiger partial charge in [-0.05, 0) is 25.7 Å². The lowest BCUT2D eigenvalue weighted by Crippen LogP contribution is -2.34. The highest BCUT2D eigenvalue weighted by Gasteiger charge is 2.30. The molecule has 0 amide bonds. The fourth-order valence-corrected chi connectivity index (χ4v) is 3.89. The minimum atomic E-state index is -3.53. The number of nitrogens with one attached hydrogen (secondary N) is 1. The molecule has 1 aromatic rings. The molecule has 18 heavy (non-hydrogen) atoms. The average molecular weight is 292 g/mol. The van der Waals surface area contributed by atoms with Crippen molar-refractivity contribution in [3.05, 3.63) is 11.3 Å². The Kier molecular flexibility index (Phi) is 3.99. The Hall–Kier alpha value is -0.590. The normalized spacial score (nSPS) is 17.1. The maximum atomic E-state index is 12.4. The van der Waals surface area contributed by atoms with E-state index in [0.717, 1.165) is 12.8 Å². The van der Waals surface area contributed by atoms with E-state index in [9.17, 15) is 8.42 Å². The van der Waals surface area contributed by atoms with Crippen LogP contribution in [0.3, 0.4) is 0 Å². The second kappa shape index (κ2) is 5.19. The largest absolute Gasteiger partial charge is 0.281 e. The molecule has 7 heteroatoms. The molecule has 1 aliphatic carbocycles. The summed E-state index contributed by atoms with van der Waals surface area (Å²) < 4.78 is 26.2. The van der Waals surface area contributed by atoms with Gasteiger partial charge in [0.2, 0.25) is 0 Å². The summed E-state index contributed by atoms with van der Waals surface area (Å²) in [5, 5.41) is 6.65. The number of halogens is 1. The number of sulfonamides is 1. The summed E-state index contributed by atoms with van der Waals surface area (Å²) in [6, 6.07) is 0. The lowest BCUT2D eigenvalue weighted by Gasteiger charge is -2.29. The summed E-state index contributed by atoms with van der Waals surface area (Å²) >= 11 is 5.79. The first kappa shape index (κ1) is 13.8. The molecule has 1 N–H and O–H groups in total. The van der Waals surface area contributed by atoms with Crippen LogP contribution in [0.1, 0.15) is 30.5 Å². The zero-order chi connectivity index (χ0) is 13.3. The van der Waals surface area contributed by atoms with Crippen LogP contribution < -0.4 is 0 Å². The van der Waals surface area contributed by atoms with Gasteiger partial charge in [-0.2, -0.15) is 9.40 Å². The zero-order valence-electron chi connectivity index (χ0n) is 10.6. The first-order chi connectivity index (χ1) is 8.46. The van der Waals surface area contributed by atoms with Crippen LogP contribution in [0.2, 0.25) is 0 Å². The third-order valence-electron chi connectivity index (χ3n) is 3.56. The van der Waals surface area contributed by atoms with Gasteiger partial charge < -0.3 is 0 Å². The number of hydrogen-bond acceptors (Lipinski definition) is 3. The van der Waals surface area contributed by atoms with E-state index in [1.807, 2.05) is 0 Å². The topological polar surface area (TPSA) is 66.1 Å². The molecule has 0 aliphatic heterocycles. The fourth-order valence-electron chi connectivity index (χ4n) is 2.09. The minimum absolute atomic E-state index is 0.0665. The lowest BCUT2D eigenvalue weighted by atomic mass is 9.86. The van der Waals surface area contributed by atoms with Crippen LogP contribution in [0, 0.1) is 12.8 Å². The summed E-state index contributed by atoms with van der Waals surface area (Å²) in [5.74, 6) is 0.637. The van der Waals surface area contributed by atoms with Crippen LogP contribution in [0.4, 0.5) is 0 Å². The zero-order valence-corrected chi connectivity index (χ0v) is 12.2. The molecule has 0 aromatic carbocycles. The molecule has 0 unspecified atom stereocenters. The SMILES string of the molecule is Cc1[nH]nc(S(=O)(=O)N(C)CC2CCC2)c1CCl. The van der Waals surface area contributed by atoms with Gasteiger partial charge in [0, 0.05) is 24.8 Å². The van der Waals surface area contributed by atoms with E-state index in [0.29, 0.717) is 23.7 Å². The summed E-state index contributed by atoms with van der Waals surface area (Å²) in [7, 11) is -1.92. The van der Waals surface area contributed by atoms with E-state index in [1.54, 1.807) is 14.0 Å². The Bertz CT molecular complexity index is 522. The smallest absolute Gasteiger partial charge is 0.262 e. The van der Waals surface area contributed by atoms with E-state index < -0.39 is 10.0 Å². The number of aromatic amines is 1. The molecule has 1 aliphatic rings. The Morgan fingerprint density at radius 2 is 2.17 bits per heavy atom. The van der Waals surface area contributed by atoms with Crippen molar-refractivity contribution in [3.63, 3.8) is 0 Å². The van der Waals surface area contributed by atoms with Crippen molar-refractivity contribution >= 4 is 21.6 Å². The second-order valence-electron chi connectivity index (χ2n) is 4.85. The van der Waals surface area contributed by atoms with Gasteiger partial charge in [-0.25, -0.2) is 8.42 Å². The van der Waals surface area contributed by atoms with Crippen LogP contribution >= 0.6 is 11.6 Å². The number of H-pyrrole nitrogens is 1. The van der Waals surface area contributed by atoms with E-state index in [2.05, 4.69) is 10.2 Å². The number of hydrogen-bond donors (Lipinski definition) is 1. The fraction of sp³-hybridized carbons (Fsp3) is 0.727. The molecule has 1 heterocycles. The molecule has 1 fully saturated rings. The standard InChI is InChI=1S/C11H18ClN3O2S/c1-8-10(6-12)11(14-13-8)18(16,17)15(2)7-9-4-3-5-9/h9H,3-7H2,1-2H3,(H,13,14). The van der Waals surface area contributed by atoms with Crippen LogP contribution in [-0.2, 0) is 15.9 Å². The van der Waals surface area contributed by atoms with Crippen molar-refractivity contribution in [3.8, 4) is 0 Å². The third kappa shape index (κ3) is 2.41. The molecule has 1 aromatic heterocycles. The van der Waals surface area contributed by atoms with Crippen molar-refractivity contribution in [1.29, 1.82) is 0 Å². The maximum Gasteiger partial charge on any atom is 0.262 e. The molecule has 0 atom stereocenters. The predicted octanol–water partition coefficient (Wildman–Crippen LogP) is 1.88. The van der Waals surface area contributed by atoms with Gasteiger partial charge in [-0.15, -0.1) is 11.6 Å². The number of alkyl halides is 1. The molecule has 5 nitrogen and oxygen atoms in total. The van der Waals surface area contributed by atoms with Crippen LogP contribution in [0.15, 0.2) is 5.03 Å². The quantitative estimate of drug-likeness (QED) is 0.842. The number of aromatic nitrogens is 2. The molecule has 0 saturated heterocycles. The van der Waals surface area contributed by atoms with Crippen molar-refractivity contribution in [2.45, 2.75) is 37.1 Å². The highest BCUT2D eigenvalue weighted by atomic mass is 35.5. The number of rotatable bonds is 5. The van der Waals surface area contributed by atoms with Gasteiger partial charge >= 0.3 is 0 Å². The first-order valence-corrected chi connectivity index (χ1v) is 8.00. The van der Waals surface area contributed by atoms with Gasteiger partial charge in [-0.3, -0.25) is 5.10 Å². The van der Waals surface area contributed by atoms with Gasteiger partial charge in [0.1, 0.15) is 0 Å². The molecule has 102 valence electrons. The predicted molar refractivity (Wildman–Crippen MR) is 70.0 cm³/mol. The second-order valence-corrected chi connectivity index (χ2v) is 7.08. The van der Waals surface area contributed by atoms with Crippen LogP contribution in [-0.4, -0.2) is 36.5 Å². The Morgan fingerprint density at radius 1 is 1.50 bits per heavy atom. The summed E-state index contributed by atoms with van der Waals surface area (Å²) in [6.07, 6.45) is 3.43. The molecule has 1 saturated carbocycles. The Balaban J connectivity index is 2.23. The molecule has 0 radical (unpaired) electrons. The first-order valence-electron chi connectivity index (χ1n) is 6.03. The van der Waals surface area contributed by atoms with Crippen LogP contribution in [0.25, 0.3) is 0 Å². The van der Waals surface area contributed by atoms with E-state index in [4.69, 9.17) is 11.6 Å². The van der Waals surface area contributed by atoms with Crippen molar-refractivity contribution in [1.82, 2.24) is 14.5 Å².